The van der Waals surface area contributed by atoms with E-state index in [0.29, 0.717) is 34.9 Å². The van der Waals surface area contributed by atoms with E-state index in [9.17, 15) is 19.1 Å². The van der Waals surface area contributed by atoms with Crippen molar-refractivity contribution >= 4 is 28.3 Å². The molecular formula is C25H24FN3O3. The van der Waals surface area contributed by atoms with Gasteiger partial charge in [-0.2, -0.15) is 0 Å². The number of carbonyl (C=O) groups excluding carboxylic acids is 2. The molecule has 4 rings (SSSR count). The number of amides is 2. The first-order valence-corrected chi connectivity index (χ1v) is 10.5. The number of likely N-dealkylation sites (N-methyl/N-ethyl adjacent to an activating group) is 1. The molecule has 1 heterocycles. The molecule has 0 saturated carbocycles. The average Bonchev–Trinajstić information content (AvgIpc) is 2.92. The van der Waals surface area contributed by atoms with Crippen molar-refractivity contribution in [2.45, 2.75) is 38.4 Å². The molecule has 0 saturated heterocycles. The Morgan fingerprint density at radius 1 is 1.31 bits per heavy atom. The quantitative estimate of drug-likeness (QED) is 0.578. The van der Waals surface area contributed by atoms with Crippen LogP contribution in [0.25, 0.3) is 10.8 Å². The van der Waals surface area contributed by atoms with Crippen LogP contribution in [0.15, 0.2) is 42.5 Å². The van der Waals surface area contributed by atoms with E-state index in [2.05, 4.69) is 22.8 Å². The standard InChI is InChI=1S/C25H24FN3O3/c1-15(27-2)24(31)28-21-11-7-16-5-3-4-6-22(16)29(25(21)32)14-20-19-10-9-18(26)13-17(19)8-12-23(20)30/h3,5,8-10,12-13,15,21,27,30H,7,11,14H2,1-2H3,(H,28,31)/t15-,21-/m0/s1. The van der Waals surface area contributed by atoms with E-state index < -0.39 is 12.1 Å². The van der Waals surface area contributed by atoms with Crippen molar-refractivity contribution in [3.05, 3.63) is 71.5 Å². The van der Waals surface area contributed by atoms with Crippen LogP contribution in [0.2, 0.25) is 0 Å². The van der Waals surface area contributed by atoms with Gasteiger partial charge in [-0.3, -0.25) is 14.5 Å². The summed E-state index contributed by atoms with van der Waals surface area (Å²) in [7, 11) is 1.68. The maximum Gasteiger partial charge on any atom is 0.250 e. The highest BCUT2D eigenvalue weighted by atomic mass is 19.1. The Labute approximate surface area is 186 Å². The highest BCUT2D eigenvalue weighted by Gasteiger charge is 2.33. The van der Waals surface area contributed by atoms with Crippen molar-refractivity contribution in [1.82, 2.24) is 10.6 Å². The van der Waals surface area contributed by atoms with Gasteiger partial charge in [0, 0.05) is 5.56 Å². The first-order chi connectivity index (χ1) is 15.4. The van der Waals surface area contributed by atoms with Crippen LogP contribution in [0.5, 0.6) is 5.75 Å². The third-order valence-electron chi connectivity index (χ3n) is 5.93. The summed E-state index contributed by atoms with van der Waals surface area (Å²) >= 11 is 0. The van der Waals surface area contributed by atoms with Crippen LogP contribution in [0.4, 0.5) is 10.1 Å². The largest absolute Gasteiger partial charge is 0.508 e. The predicted molar refractivity (Wildman–Crippen MR) is 120 cm³/mol. The lowest BCUT2D eigenvalue weighted by molar-refractivity contribution is -0.128. The van der Waals surface area contributed by atoms with E-state index in [-0.39, 0.29) is 29.9 Å². The molecule has 0 fully saturated rings. The van der Waals surface area contributed by atoms with Crippen LogP contribution in [-0.4, -0.2) is 36.1 Å². The van der Waals surface area contributed by atoms with Crippen LogP contribution in [0.3, 0.4) is 0 Å². The molecule has 1 aliphatic heterocycles. The van der Waals surface area contributed by atoms with E-state index >= 15 is 0 Å². The maximum absolute atomic E-state index is 13.7. The molecule has 0 spiro atoms. The molecule has 2 amide bonds. The second kappa shape index (κ2) is 8.85. The minimum Gasteiger partial charge on any atom is -0.508 e. The monoisotopic (exact) mass is 433 g/mol. The molecule has 7 heteroatoms. The van der Waals surface area contributed by atoms with Gasteiger partial charge >= 0.3 is 0 Å². The topological polar surface area (TPSA) is 81.7 Å². The number of nitrogens with zero attached hydrogens (tertiary/aromatic N) is 1. The van der Waals surface area contributed by atoms with Crippen molar-refractivity contribution in [1.29, 1.82) is 0 Å². The minimum atomic E-state index is -0.728. The number of rotatable bonds is 5. The van der Waals surface area contributed by atoms with Gasteiger partial charge in [0.1, 0.15) is 17.6 Å². The van der Waals surface area contributed by atoms with Gasteiger partial charge in [-0.1, -0.05) is 18.2 Å². The Bertz CT molecular complexity index is 1180. The zero-order valence-electron chi connectivity index (χ0n) is 17.9. The number of carbonyl (C=O) groups is 2. The van der Waals surface area contributed by atoms with Gasteiger partial charge in [0.25, 0.3) is 0 Å². The summed E-state index contributed by atoms with van der Waals surface area (Å²) in [5, 5.41) is 17.6. The molecule has 32 heavy (non-hydrogen) atoms. The van der Waals surface area contributed by atoms with Crippen molar-refractivity contribution in [3.8, 4) is 5.75 Å². The van der Waals surface area contributed by atoms with E-state index in [0.717, 1.165) is 5.56 Å². The van der Waals surface area contributed by atoms with Crippen LogP contribution in [-0.2, 0) is 22.6 Å². The number of anilines is 1. The zero-order valence-corrected chi connectivity index (χ0v) is 17.9. The molecule has 0 aromatic heterocycles. The predicted octanol–water partition coefficient (Wildman–Crippen LogP) is 2.86. The highest BCUT2D eigenvalue weighted by molar-refractivity contribution is 6.01. The Kier molecular flexibility index (Phi) is 5.97. The number of phenols is 1. The van der Waals surface area contributed by atoms with Gasteiger partial charge < -0.3 is 15.7 Å². The molecular weight excluding hydrogens is 409 g/mol. The number of nitrogens with one attached hydrogen (secondary N) is 2. The van der Waals surface area contributed by atoms with Crippen LogP contribution >= 0.6 is 0 Å². The number of hydrogen-bond acceptors (Lipinski definition) is 4. The molecule has 3 aromatic rings. The molecule has 0 aliphatic carbocycles. The molecule has 0 unspecified atom stereocenters. The van der Waals surface area contributed by atoms with Crippen molar-refractivity contribution in [2.24, 2.45) is 0 Å². The molecule has 1 aliphatic rings. The molecule has 0 bridgehead atoms. The molecule has 0 radical (unpaired) electrons. The number of aryl methyl sites for hydroxylation is 1. The SMILES string of the molecule is CN[C@@H](C)C(=O)N[C@H]1CCc2ccc#cc2N(Cc2c(O)ccc3cc(F)ccc23)C1=O. The van der Waals surface area contributed by atoms with Crippen molar-refractivity contribution in [2.75, 3.05) is 11.9 Å². The van der Waals surface area contributed by atoms with Crippen molar-refractivity contribution < 1.29 is 19.1 Å². The Morgan fingerprint density at radius 2 is 2.12 bits per heavy atom. The number of fused-ring (bicyclic) bond motifs is 2. The Hall–Kier alpha value is -3.63. The summed E-state index contributed by atoms with van der Waals surface area (Å²) in [5.74, 6) is -0.938. The zero-order chi connectivity index (χ0) is 22.8. The second-order valence-electron chi connectivity index (χ2n) is 7.94. The average molecular weight is 433 g/mol. The smallest absolute Gasteiger partial charge is 0.250 e. The van der Waals surface area contributed by atoms with E-state index in [1.165, 1.54) is 23.1 Å². The molecule has 6 nitrogen and oxygen atoms in total. The van der Waals surface area contributed by atoms with E-state index in [4.69, 9.17) is 0 Å². The third-order valence-corrected chi connectivity index (χ3v) is 5.93. The van der Waals surface area contributed by atoms with Crippen molar-refractivity contribution in [3.63, 3.8) is 0 Å². The van der Waals surface area contributed by atoms with Gasteiger partial charge in [0.15, 0.2) is 0 Å². The summed E-state index contributed by atoms with van der Waals surface area (Å²) in [6.45, 7) is 1.77. The summed E-state index contributed by atoms with van der Waals surface area (Å²) in [5.41, 5.74) is 1.96. The van der Waals surface area contributed by atoms with Crippen LogP contribution in [0.1, 0.15) is 24.5 Å². The summed E-state index contributed by atoms with van der Waals surface area (Å²) in [6.07, 6.45) is 1.02. The number of phenolic OH excluding ortho intramolecular Hbond substituents is 1. The number of aromatic hydroxyl groups is 1. The van der Waals surface area contributed by atoms with Gasteiger partial charge in [-0.15, -0.1) is 0 Å². The Morgan fingerprint density at radius 3 is 2.91 bits per heavy atom. The number of hydrogen-bond donors (Lipinski definition) is 3. The lowest BCUT2D eigenvalue weighted by Crippen LogP contribution is -2.52. The summed E-state index contributed by atoms with van der Waals surface area (Å²) in [6, 6.07) is 15.8. The van der Waals surface area contributed by atoms with Gasteiger partial charge in [0.2, 0.25) is 11.8 Å². The first kappa shape index (κ1) is 21.6. The van der Waals surface area contributed by atoms with Crippen LogP contribution in [0, 0.1) is 17.9 Å². The number of halogens is 1. The number of benzene rings is 2. The van der Waals surface area contributed by atoms with Gasteiger partial charge in [-0.05, 0) is 79.5 Å². The summed E-state index contributed by atoms with van der Waals surface area (Å²) in [4.78, 5) is 27.6. The highest BCUT2D eigenvalue weighted by Crippen LogP contribution is 2.33. The fourth-order valence-electron chi connectivity index (χ4n) is 3.97. The third kappa shape index (κ3) is 4.10. The van der Waals surface area contributed by atoms with Gasteiger partial charge in [0.05, 0.1) is 18.3 Å². The lowest BCUT2D eigenvalue weighted by atomic mass is 10.0. The second-order valence-corrected chi connectivity index (χ2v) is 7.94. The molecule has 164 valence electrons. The molecule has 3 N–H and O–H groups in total. The minimum absolute atomic E-state index is 0.00649. The maximum atomic E-state index is 13.7. The van der Waals surface area contributed by atoms with Gasteiger partial charge in [-0.25, -0.2) is 4.39 Å². The van der Waals surface area contributed by atoms with E-state index in [1.54, 1.807) is 32.2 Å². The lowest BCUT2D eigenvalue weighted by Gasteiger charge is -2.26. The van der Waals surface area contributed by atoms with E-state index in [1.807, 2.05) is 6.07 Å². The normalized spacial score (nSPS) is 16.8. The fourth-order valence-corrected chi connectivity index (χ4v) is 3.97. The molecule has 3 aromatic carbocycles. The Balaban J connectivity index is 1.75. The molecule has 2 atom stereocenters. The first-order valence-electron chi connectivity index (χ1n) is 10.5. The van der Waals surface area contributed by atoms with Crippen LogP contribution < -0.4 is 15.5 Å². The fraction of sp³-hybridized carbons (Fsp3) is 0.280. The summed E-state index contributed by atoms with van der Waals surface area (Å²) < 4.78 is 13.7.